The number of esters is 1. The zero-order valence-electron chi connectivity index (χ0n) is 11.8. The summed E-state index contributed by atoms with van der Waals surface area (Å²) >= 11 is 0. The zero-order chi connectivity index (χ0) is 14.3. The lowest BCUT2D eigenvalue weighted by atomic mass is 9.92. The first-order valence-corrected chi connectivity index (χ1v) is 6.49. The zero-order valence-corrected chi connectivity index (χ0v) is 11.8. The fourth-order valence-corrected chi connectivity index (χ4v) is 2.92. The predicted molar refractivity (Wildman–Crippen MR) is 76.7 cm³/mol. The normalized spacial score (nSPS) is 19.4. The van der Waals surface area contributed by atoms with E-state index in [1.165, 1.54) is 7.11 Å². The highest BCUT2D eigenvalue weighted by atomic mass is 16.5. The predicted octanol–water partition coefficient (Wildman–Crippen LogP) is 3.36. The molecule has 0 saturated heterocycles. The van der Waals surface area contributed by atoms with E-state index in [-0.39, 0.29) is 5.97 Å². The molecule has 3 rings (SSSR count). The molecule has 2 aromatic rings. The van der Waals surface area contributed by atoms with Gasteiger partial charge in [0.1, 0.15) is 5.60 Å². The number of rotatable bonds is 2. The maximum absolute atomic E-state index is 11.7. The maximum atomic E-state index is 11.7. The van der Waals surface area contributed by atoms with Crippen LogP contribution in [0.5, 0.6) is 0 Å². The molecule has 0 radical (unpaired) electrons. The van der Waals surface area contributed by atoms with Crippen molar-refractivity contribution in [3.63, 3.8) is 0 Å². The molecule has 0 saturated carbocycles. The first kappa shape index (κ1) is 12.9. The van der Waals surface area contributed by atoms with Crippen molar-refractivity contribution in [2.75, 3.05) is 14.2 Å². The average molecular weight is 268 g/mol. The second-order valence-electron chi connectivity index (χ2n) is 5.03. The molecule has 20 heavy (non-hydrogen) atoms. The topological polar surface area (TPSA) is 35.5 Å². The average Bonchev–Trinajstić information content (AvgIpc) is 2.77. The summed E-state index contributed by atoms with van der Waals surface area (Å²) in [6.45, 7) is 2.03. The van der Waals surface area contributed by atoms with Crippen molar-refractivity contribution in [1.82, 2.24) is 0 Å². The van der Waals surface area contributed by atoms with Gasteiger partial charge in [0.2, 0.25) is 0 Å². The quantitative estimate of drug-likeness (QED) is 0.783. The Balaban J connectivity index is 2.26. The summed E-state index contributed by atoms with van der Waals surface area (Å²) in [4.78, 5) is 11.7. The molecule has 0 N–H and O–H groups in total. The van der Waals surface area contributed by atoms with Crippen molar-refractivity contribution in [3.05, 3.63) is 59.2 Å². The number of hydrogen-bond donors (Lipinski definition) is 0. The van der Waals surface area contributed by atoms with E-state index < -0.39 is 5.60 Å². The number of benzene rings is 2. The van der Waals surface area contributed by atoms with E-state index in [0.29, 0.717) is 5.56 Å². The van der Waals surface area contributed by atoms with Gasteiger partial charge in [0.05, 0.1) is 12.7 Å². The van der Waals surface area contributed by atoms with Crippen LogP contribution in [-0.2, 0) is 15.1 Å². The summed E-state index contributed by atoms with van der Waals surface area (Å²) < 4.78 is 10.6. The number of carbonyl (C=O) groups excluding carboxylic acids is 1. The Labute approximate surface area is 118 Å². The number of methoxy groups -OCH3 is 2. The molecule has 1 unspecified atom stereocenters. The van der Waals surface area contributed by atoms with Gasteiger partial charge in [0.15, 0.2) is 0 Å². The van der Waals surface area contributed by atoms with E-state index in [9.17, 15) is 4.79 Å². The van der Waals surface area contributed by atoms with Gasteiger partial charge in [0.25, 0.3) is 0 Å². The lowest BCUT2D eigenvalue weighted by Crippen LogP contribution is -2.23. The van der Waals surface area contributed by atoms with Gasteiger partial charge in [-0.15, -0.1) is 0 Å². The summed E-state index contributed by atoms with van der Waals surface area (Å²) in [5.74, 6) is -0.331. The van der Waals surface area contributed by atoms with Crippen LogP contribution in [0.25, 0.3) is 11.1 Å². The summed E-state index contributed by atoms with van der Waals surface area (Å²) in [5.41, 5.74) is 4.41. The molecule has 0 fully saturated rings. The van der Waals surface area contributed by atoms with E-state index in [1.807, 2.05) is 31.2 Å². The summed E-state index contributed by atoms with van der Waals surface area (Å²) in [6.07, 6.45) is 0. The Morgan fingerprint density at radius 2 is 1.70 bits per heavy atom. The molecule has 1 atom stereocenters. The second-order valence-corrected chi connectivity index (χ2v) is 5.03. The third kappa shape index (κ3) is 1.60. The van der Waals surface area contributed by atoms with Crippen LogP contribution in [0.15, 0.2) is 42.5 Å². The van der Waals surface area contributed by atoms with Crippen LogP contribution in [0, 0.1) is 0 Å². The Morgan fingerprint density at radius 3 is 2.40 bits per heavy atom. The fourth-order valence-electron chi connectivity index (χ4n) is 2.92. The van der Waals surface area contributed by atoms with E-state index >= 15 is 0 Å². The minimum atomic E-state index is -0.532. The van der Waals surface area contributed by atoms with Crippen LogP contribution in [0.1, 0.15) is 28.4 Å². The lowest BCUT2D eigenvalue weighted by Gasteiger charge is -2.25. The molecule has 0 heterocycles. The van der Waals surface area contributed by atoms with Crippen LogP contribution < -0.4 is 0 Å². The highest BCUT2D eigenvalue weighted by molar-refractivity contribution is 5.92. The molecule has 102 valence electrons. The van der Waals surface area contributed by atoms with Crippen molar-refractivity contribution in [1.29, 1.82) is 0 Å². The van der Waals surface area contributed by atoms with E-state index in [1.54, 1.807) is 13.2 Å². The monoisotopic (exact) mass is 268 g/mol. The number of ether oxygens (including phenoxy) is 2. The van der Waals surface area contributed by atoms with Crippen molar-refractivity contribution < 1.29 is 14.3 Å². The SMILES string of the molecule is COC(=O)c1ccc2c(c1)C(C)(OC)c1ccccc1-2. The Kier molecular flexibility index (Phi) is 2.87. The van der Waals surface area contributed by atoms with E-state index in [2.05, 4.69) is 12.1 Å². The van der Waals surface area contributed by atoms with Gasteiger partial charge in [-0.3, -0.25) is 0 Å². The van der Waals surface area contributed by atoms with Crippen LogP contribution >= 0.6 is 0 Å². The Hall–Kier alpha value is -2.13. The summed E-state index contributed by atoms with van der Waals surface area (Å²) in [6, 6.07) is 13.8. The molecule has 1 aliphatic rings. The van der Waals surface area contributed by atoms with Gasteiger partial charge in [-0.05, 0) is 41.3 Å². The molecule has 2 aromatic carbocycles. The van der Waals surface area contributed by atoms with Gasteiger partial charge in [-0.2, -0.15) is 0 Å². The van der Waals surface area contributed by atoms with Crippen LogP contribution in [0.2, 0.25) is 0 Å². The molecular weight excluding hydrogens is 252 g/mol. The van der Waals surface area contributed by atoms with E-state index in [4.69, 9.17) is 9.47 Å². The molecule has 3 nitrogen and oxygen atoms in total. The molecule has 1 aliphatic carbocycles. The summed E-state index contributed by atoms with van der Waals surface area (Å²) in [7, 11) is 3.08. The largest absolute Gasteiger partial charge is 0.465 e. The van der Waals surface area contributed by atoms with E-state index in [0.717, 1.165) is 22.3 Å². The van der Waals surface area contributed by atoms with Crippen molar-refractivity contribution in [2.24, 2.45) is 0 Å². The second kappa shape index (κ2) is 4.46. The first-order valence-electron chi connectivity index (χ1n) is 6.49. The van der Waals surface area contributed by atoms with Crippen molar-refractivity contribution >= 4 is 5.97 Å². The van der Waals surface area contributed by atoms with Crippen LogP contribution in [-0.4, -0.2) is 20.2 Å². The van der Waals surface area contributed by atoms with Gasteiger partial charge < -0.3 is 9.47 Å². The molecule has 0 aliphatic heterocycles. The number of hydrogen-bond acceptors (Lipinski definition) is 3. The fraction of sp³-hybridized carbons (Fsp3) is 0.235. The molecule has 0 spiro atoms. The lowest BCUT2D eigenvalue weighted by molar-refractivity contribution is 0.0428. The van der Waals surface area contributed by atoms with Gasteiger partial charge in [-0.1, -0.05) is 30.3 Å². The Bertz CT molecular complexity index is 690. The smallest absolute Gasteiger partial charge is 0.337 e. The van der Waals surface area contributed by atoms with Crippen LogP contribution in [0.4, 0.5) is 0 Å². The van der Waals surface area contributed by atoms with Gasteiger partial charge in [0, 0.05) is 7.11 Å². The highest BCUT2D eigenvalue weighted by Gasteiger charge is 2.39. The first-order chi connectivity index (χ1) is 9.61. The summed E-state index contributed by atoms with van der Waals surface area (Å²) in [5, 5.41) is 0. The third-order valence-corrected chi connectivity index (χ3v) is 4.09. The standard InChI is InChI=1S/C17H16O3/c1-17(20-3)14-7-5-4-6-12(14)13-9-8-11(10-15(13)17)16(18)19-2/h4-10H,1-3H3. The molecule has 3 heteroatoms. The van der Waals surface area contributed by atoms with Gasteiger partial charge >= 0.3 is 5.97 Å². The number of fused-ring (bicyclic) bond motifs is 3. The molecule has 0 bridgehead atoms. The van der Waals surface area contributed by atoms with Crippen molar-refractivity contribution in [2.45, 2.75) is 12.5 Å². The molecular formula is C17H16O3. The minimum Gasteiger partial charge on any atom is -0.465 e. The minimum absolute atomic E-state index is 0.331. The third-order valence-electron chi connectivity index (χ3n) is 4.09. The number of carbonyl (C=O) groups is 1. The maximum Gasteiger partial charge on any atom is 0.337 e. The van der Waals surface area contributed by atoms with Crippen molar-refractivity contribution in [3.8, 4) is 11.1 Å². The van der Waals surface area contributed by atoms with Crippen LogP contribution in [0.3, 0.4) is 0 Å². The van der Waals surface area contributed by atoms with Gasteiger partial charge in [-0.25, -0.2) is 4.79 Å². The highest BCUT2D eigenvalue weighted by Crippen LogP contribution is 2.49. The molecule has 0 amide bonds. The Morgan fingerprint density at radius 1 is 1.00 bits per heavy atom. The molecule has 0 aromatic heterocycles.